The number of rotatable bonds is 4. The van der Waals surface area contributed by atoms with E-state index in [0.29, 0.717) is 5.89 Å². The van der Waals surface area contributed by atoms with Crippen molar-refractivity contribution in [2.24, 2.45) is 0 Å². The van der Waals surface area contributed by atoms with Gasteiger partial charge in [0.25, 0.3) is 0 Å². The molecule has 108 valence electrons. The van der Waals surface area contributed by atoms with Crippen LogP contribution in [0, 0.1) is 0 Å². The number of nitrogens with zero attached hydrogens (tertiary/aromatic N) is 4. The molecule has 0 amide bonds. The standard InChI is InChI=1S/C13H25N5O/c1-5-10(14-2)13-15-12(16-19-13)11-9-17(3)7-6-8-18(11)4/h10-11,14H,5-9H2,1-4H3. The lowest BCUT2D eigenvalue weighted by molar-refractivity contribution is 0.214. The summed E-state index contributed by atoms with van der Waals surface area (Å²) in [6, 6.07) is 0.370. The third-order valence-electron chi connectivity index (χ3n) is 3.88. The van der Waals surface area contributed by atoms with E-state index in [1.807, 2.05) is 7.05 Å². The van der Waals surface area contributed by atoms with E-state index in [2.05, 4.69) is 46.3 Å². The van der Waals surface area contributed by atoms with Crippen molar-refractivity contribution in [2.75, 3.05) is 40.8 Å². The van der Waals surface area contributed by atoms with Gasteiger partial charge in [0.2, 0.25) is 5.89 Å². The van der Waals surface area contributed by atoms with Crippen LogP contribution in [0.5, 0.6) is 0 Å². The van der Waals surface area contributed by atoms with Crippen molar-refractivity contribution >= 4 is 0 Å². The van der Waals surface area contributed by atoms with Crippen LogP contribution >= 0.6 is 0 Å². The largest absolute Gasteiger partial charge is 0.338 e. The predicted octanol–water partition coefficient (Wildman–Crippen LogP) is 1.05. The Hall–Kier alpha value is -0.980. The number of likely N-dealkylation sites (N-methyl/N-ethyl adjacent to an activating group) is 2. The predicted molar refractivity (Wildman–Crippen MR) is 73.9 cm³/mol. The van der Waals surface area contributed by atoms with Crippen molar-refractivity contribution in [3.8, 4) is 0 Å². The number of hydrogen-bond donors (Lipinski definition) is 1. The quantitative estimate of drug-likeness (QED) is 0.880. The summed E-state index contributed by atoms with van der Waals surface area (Å²) in [6.07, 6.45) is 2.13. The molecule has 1 fully saturated rings. The molecular formula is C13H25N5O. The van der Waals surface area contributed by atoms with Gasteiger partial charge in [-0.25, -0.2) is 0 Å². The summed E-state index contributed by atoms with van der Waals surface area (Å²) in [7, 11) is 6.20. The van der Waals surface area contributed by atoms with Crippen molar-refractivity contribution < 1.29 is 4.52 Å². The molecule has 0 aliphatic carbocycles. The van der Waals surface area contributed by atoms with Gasteiger partial charge in [0.1, 0.15) is 0 Å². The minimum absolute atomic E-state index is 0.148. The lowest BCUT2D eigenvalue weighted by Crippen LogP contribution is -2.31. The molecule has 1 aromatic rings. The first kappa shape index (κ1) is 14.4. The molecule has 6 nitrogen and oxygen atoms in total. The molecule has 2 atom stereocenters. The summed E-state index contributed by atoms with van der Waals surface area (Å²) in [6.45, 7) is 5.25. The van der Waals surface area contributed by atoms with Gasteiger partial charge in [0.05, 0.1) is 12.1 Å². The lowest BCUT2D eigenvalue weighted by Gasteiger charge is -2.24. The second-order valence-corrected chi connectivity index (χ2v) is 5.35. The van der Waals surface area contributed by atoms with Crippen LogP contribution < -0.4 is 5.32 Å². The van der Waals surface area contributed by atoms with Crippen LogP contribution in [0.2, 0.25) is 0 Å². The van der Waals surface area contributed by atoms with Crippen LogP contribution in [-0.4, -0.2) is 60.7 Å². The van der Waals surface area contributed by atoms with Crippen LogP contribution in [0.25, 0.3) is 0 Å². The van der Waals surface area contributed by atoms with Crippen molar-refractivity contribution in [2.45, 2.75) is 31.8 Å². The van der Waals surface area contributed by atoms with Crippen molar-refractivity contribution in [3.63, 3.8) is 0 Å². The third-order valence-corrected chi connectivity index (χ3v) is 3.88. The Labute approximate surface area is 115 Å². The van der Waals surface area contributed by atoms with E-state index in [1.165, 1.54) is 6.42 Å². The molecular weight excluding hydrogens is 242 g/mol. The molecule has 2 unspecified atom stereocenters. The molecule has 0 aromatic carbocycles. The van der Waals surface area contributed by atoms with E-state index in [9.17, 15) is 0 Å². The zero-order chi connectivity index (χ0) is 13.8. The van der Waals surface area contributed by atoms with Crippen molar-refractivity contribution in [1.29, 1.82) is 0 Å². The average Bonchev–Trinajstić information content (AvgIpc) is 2.80. The van der Waals surface area contributed by atoms with Gasteiger partial charge in [-0.05, 0) is 47.1 Å². The van der Waals surface area contributed by atoms with E-state index in [1.54, 1.807) is 0 Å². The maximum absolute atomic E-state index is 5.42. The van der Waals surface area contributed by atoms with E-state index in [-0.39, 0.29) is 12.1 Å². The van der Waals surface area contributed by atoms with E-state index >= 15 is 0 Å². The number of nitrogens with one attached hydrogen (secondary N) is 1. The normalized spacial score (nSPS) is 24.3. The van der Waals surface area contributed by atoms with E-state index < -0.39 is 0 Å². The van der Waals surface area contributed by atoms with Gasteiger partial charge >= 0.3 is 0 Å². The van der Waals surface area contributed by atoms with Gasteiger partial charge in [-0.2, -0.15) is 4.98 Å². The lowest BCUT2D eigenvalue weighted by atomic mass is 10.2. The fourth-order valence-corrected chi connectivity index (χ4v) is 2.58. The second kappa shape index (κ2) is 6.45. The van der Waals surface area contributed by atoms with Gasteiger partial charge in [-0.15, -0.1) is 0 Å². The Balaban J connectivity index is 2.15. The van der Waals surface area contributed by atoms with Crippen molar-refractivity contribution in [3.05, 3.63) is 11.7 Å². The molecule has 0 radical (unpaired) electrons. The van der Waals surface area contributed by atoms with Crippen LogP contribution in [-0.2, 0) is 0 Å². The summed E-state index contributed by atoms with van der Waals surface area (Å²) in [5, 5.41) is 7.39. The Morgan fingerprint density at radius 1 is 1.42 bits per heavy atom. The Kier molecular flexibility index (Phi) is 4.90. The van der Waals surface area contributed by atoms with Crippen molar-refractivity contribution in [1.82, 2.24) is 25.3 Å². The smallest absolute Gasteiger partial charge is 0.243 e. The summed E-state index contributed by atoms with van der Waals surface area (Å²) in [4.78, 5) is 9.24. The van der Waals surface area contributed by atoms with Gasteiger partial charge in [-0.1, -0.05) is 12.1 Å². The highest BCUT2D eigenvalue weighted by atomic mass is 16.5. The highest BCUT2D eigenvalue weighted by molar-refractivity contribution is 4.99. The number of aromatic nitrogens is 2. The Bertz CT molecular complexity index is 390. The minimum Gasteiger partial charge on any atom is -0.338 e. The first-order chi connectivity index (χ1) is 9.15. The molecule has 1 N–H and O–H groups in total. The fraction of sp³-hybridized carbons (Fsp3) is 0.846. The average molecular weight is 267 g/mol. The molecule has 0 spiro atoms. The molecule has 19 heavy (non-hydrogen) atoms. The molecule has 1 aromatic heterocycles. The highest BCUT2D eigenvalue weighted by Crippen LogP contribution is 2.22. The minimum atomic E-state index is 0.148. The van der Waals surface area contributed by atoms with E-state index in [0.717, 1.165) is 31.9 Å². The van der Waals surface area contributed by atoms with Gasteiger partial charge in [-0.3, -0.25) is 4.90 Å². The van der Waals surface area contributed by atoms with Crippen LogP contribution in [0.1, 0.15) is 43.6 Å². The molecule has 1 saturated heterocycles. The zero-order valence-electron chi connectivity index (χ0n) is 12.4. The van der Waals surface area contributed by atoms with E-state index in [4.69, 9.17) is 4.52 Å². The summed E-state index contributed by atoms with van der Waals surface area (Å²) >= 11 is 0. The molecule has 2 heterocycles. The topological polar surface area (TPSA) is 57.4 Å². The van der Waals surface area contributed by atoms with Gasteiger partial charge in [0.15, 0.2) is 5.82 Å². The molecule has 1 aliphatic heterocycles. The van der Waals surface area contributed by atoms with Crippen LogP contribution in [0.3, 0.4) is 0 Å². The monoisotopic (exact) mass is 267 g/mol. The molecule has 0 saturated carbocycles. The maximum atomic E-state index is 5.42. The fourth-order valence-electron chi connectivity index (χ4n) is 2.58. The van der Waals surface area contributed by atoms with Crippen LogP contribution in [0.15, 0.2) is 4.52 Å². The molecule has 2 rings (SSSR count). The number of hydrogen-bond acceptors (Lipinski definition) is 6. The van der Waals surface area contributed by atoms with Gasteiger partial charge in [0, 0.05) is 6.54 Å². The molecule has 1 aliphatic rings. The SMILES string of the molecule is CCC(NC)c1nc(C2CN(C)CCCN2C)no1. The first-order valence-corrected chi connectivity index (χ1v) is 7.05. The van der Waals surface area contributed by atoms with Crippen LogP contribution in [0.4, 0.5) is 0 Å². The zero-order valence-corrected chi connectivity index (χ0v) is 12.4. The molecule has 0 bridgehead atoms. The summed E-state index contributed by atoms with van der Waals surface area (Å²) in [5.41, 5.74) is 0. The highest BCUT2D eigenvalue weighted by Gasteiger charge is 2.27. The first-order valence-electron chi connectivity index (χ1n) is 7.05. The van der Waals surface area contributed by atoms with Gasteiger partial charge < -0.3 is 14.7 Å². The molecule has 6 heteroatoms. The summed E-state index contributed by atoms with van der Waals surface area (Å²) < 4.78 is 5.42. The Morgan fingerprint density at radius 3 is 2.89 bits per heavy atom. The second-order valence-electron chi connectivity index (χ2n) is 5.35. The third kappa shape index (κ3) is 3.32. The Morgan fingerprint density at radius 2 is 2.21 bits per heavy atom. The summed E-state index contributed by atoms with van der Waals surface area (Å²) in [5.74, 6) is 1.50. The maximum Gasteiger partial charge on any atom is 0.243 e.